The molecule has 0 fully saturated rings. The van der Waals surface area contributed by atoms with Gasteiger partial charge < -0.3 is 9.73 Å². The fourth-order valence-electron chi connectivity index (χ4n) is 3.15. The maximum Gasteiger partial charge on any atom is 0.288 e. The summed E-state index contributed by atoms with van der Waals surface area (Å²) in [5.41, 5.74) is 3.63. The first-order valence-electron chi connectivity index (χ1n) is 9.58. The molecule has 0 radical (unpaired) electrons. The van der Waals surface area contributed by atoms with Crippen molar-refractivity contribution in [2.75, 3.05) is 5.32 Å². The fourth-order valence-corrected chi connectivity index (χ4v) is 3.34. The Morgan fingerprint density at radius 3 is 2.68 bits per heavy atom. The van der Waals surface area contributed by atoms with Gasteiger partial charge in [0.25, 0.3) is 11.6 Å². The van der Waals surface area contributed by atoms with E-state index in [0.29, 0.717) is 28.6 Å². The van der Waals surface area contributed by atoms with Crippen LogP contribution in [0.4, 0.5) is 11.4 Å². The zero-order valence-electron chi connectivity index (χ0n) is 16.8. The lowest BCUT2D eigenvalue weighted by Crippen LogP contribution is -2.12. The van der Waals surface area contributed by atoms with Crippen molar-refractivity contribution in [1.29, 1.82) is 0 Å². The summed E-state index contributed by atoms with van der Waals surface area (Å²) in [5, 5.41) is 13.8. The molecule has 1 aromatic heterocycles. The number of carbonyl (C=O) groups is 1. The molecule has 4 rings (SSSR count). The minimum absolute atomic E-state index is 0.0277. The van der Waals surface area contributed by atoms with Gasteiger partial charge in [-0.15, -0.1) is 0 Å². The number of carbonyl (C=O) groups excluding carboxylic acids is 1. The van der Waals surface area contributed by atoms with Crippen LogP contribution >= 0.6 is 11.6 Å². The second kappa shape index (κ2) is 8.20. The van der Waals surface area contributed by atoms with Gasteiger partial charge in [-0.3, -0.25) is 14.9 Å². The predicted molar refractivity (Wildman–Crippen MR) is 120 cm³/mol. The fraction of sp³-hybridized carbons (Fsp3) is 0.130. The van der Waals surface area contributed by atoms with Crippen LogP contribution in [0.25, 0.3) is 22.6 Å². The number of fused-ring (bicyclic) bond motifs is 1. The van der Waals surface area contributed by atoms with Gasteiger partial charge in [0.05, 0.1) is 4.92 Å². The largest absolute Gasteiger partial charge is 0.436 e. The minimum atomic E-state index is -0.627. The zero-order chi connectivity index (χ0) is 22.1. The van der Waals surface area contributed by atoms with Crippen LogP contribution in [0.3, 0.4) is 0 Å². The molecule has 1 N–H and O–H groups in total. The van der Waals surface area contributed by atoms with E-state index in [-0.39, 0.29) is 16.3 Å². The molecular formula is C23H18ClN3O4. The lowest BCUT2D eigenvalue weighted by Gasteiger charge is -2.07. The highest BCUT2D eigenvalue weighted by Gasteiger charge is 2.17. The molecule has 0 unspecified atom stereocenters. The van der Waals surface area contributed by atoms with Gasteiger partial charge in [-0.05, 0) is 53.9 Å². The van der Waals surface area contributed by atoms with E-state index in [4.69, 9.17) is 16.0 Å². The van der Waals surface area contributed by atoms with Gasteiger partial charge >= 0.3 is 0 Å². The van der Waals surface area contributed by atoms with Crippen molar-refractivity contribution in [3.8, 4) is 11.5 Å². The quantitative estimate of drug-likeness (QED) is 0.287. The molecule has 0 atom stereocenters. The summed E-state index contributed by atoms with van der Waals surface area (Å²) < 4.78 is 5.88. The lowest BCUT2D eigenvalue weighted by atomic mass is 10.0. The predicted octanol–water partition coefficient (Wildman–Crippen LogP) is 6.43. The Morgan fingerprint density at radius 2 is 1.94 bits per heavy atom. The van der Waals surface area contributed by atoms with E-state index < -0.39 is 10.8 Å². The van der Waals surface area contributed by atoms with Crippen LogP contribution in [0.15, 0.2) is 65.1 Å². The van der Waals surface area contributed by atoms with Crippen LogP contribution in [0.1, 0.15) is 35.7 Å². The van der Waals surface area contributed by atoms with Crippen LogP contribution in [0.2, 0.25) is 5.02 Å². The smallest absolute Gasteiger partial charge is 0.288 e. The number of halogens is 1. The molecule has 0 saturated carbocycles. The molecule has 0 spiro atoms. The summed E-state index contributed by atoms with van der Waals surface area (Å²) in [7, 11) is 0. The van der Waals surface area contributed by atoms with E-state index in [1.54, 1.807) is 18.2 Å². The van der Waals surface area contributed by atoms with Gasteiger partial charge in [0.2, 0.25) is 5.89 Å². The standard InChI is InChI=1S/C23H18ClN3O4/c1-13(2)14-7-9-21-19(11-14)26-23(31-21)16-4-3-5-17(10-16)25-22(28)15-6-8-18(24)20(12-15)27(29)30/h3-13H,1-2H3,(H,25,28). The van der Waals surface area contributed by atoms with Crippen molar-refractivity contribution in [2.45, 2.75) is 19.8 Å². The van der Waals surface area contributed by atoms with Crippen LogP contribution in [-0.4, -0.2) is 15.8 Å². The first-order chi connectivity index (χ1) is 14.8. The van der Waals surface area contributed by atoms with E-state index in [1.807, 2.05) is 24.3 Å². The molecule has 0 bridgehead atoms. The number of hydrogen-bond acceptors (Lipinski definition) is 5. The van der Waals surface area contributed by atoms with Crippen molar-refractivity contribution in [3.63, 3.8) is 0 Å². The van der Waals surface area contributed by atoms with E-state index in [1.165, 1.54) is 17.7 Å². The van der Waals surface area contributed by atoms with Gasteiger partial charge in [0.15, 0.2) is 5.58 Å². The Kier molecular flexibility index (Phi) is 5.44. The van der Waals surface area contributed by atoms with Crippen molar-refractivity contribution in [3.05, 3.63) is 86.9 Å². The number of hydrogen-bond donors (Lipinski definition) is 1. The Labute approximate surface area is 182 Å². The van der Waals surface area contributed by atoms with Crippen LogP contribution in [-0.2, 0) is 0 Å². The van der Waals surface area contributed by atoms with Crippen LogP contribution in [0, 0.1) is 10.1 Å². The summed E-state index contributed by atoms with van der Waals surface area (Å²) in [6.45, 7) is 4.23. The number of nitro groups is 1. The Hall–Kier alpha value is -3.71. The molecule has 7 nitrogen and oxygen atoms in total. The molecule has 1 heterocycles. The second-order valence-electron chi connectivity index (χ2n) is 7.36. The van der Waals surface area contributed by atoms with E-state index in [0.717, 1.165) is 11.6 Å². The van der Waals surface area contributed by atoms with Crippen LogP contribution < -0.4 is 5.32 Å². The number of nitro benzene ring substituents is 1. The number of anilines is 1. The van der Waals surface area contributed by atoms with E-state index >= 15 is 0 Å². The van der Waals surface area contributed by atoms with Crippen molar-refractivity contribution < 1.29 is 14.1 Å². The molecule has 4 aromatic rings. The number of amides is 1. The second-order valence-corrected chi connectivity index (χ2v) is 7.77. The average Bonchev–Trinajstić information content (AvgIpc) is 3.17. The number of nitrogens with one attached hydrogen (secondary N) is 1. The summed E-state index contributed by atoms with van der Waals surface area (Å²) >= 11 is 5.81. The zero-order valence-corrected chi connectivity index (χ0v) is 17.5. The SMILES string of the molecule is CC(C)c1ccc2oc(-c3cccc(NC(=O)c4ccc(Cl)c([N+](=O)[O-])c4)c3)nc2c1. The maximum absolute atomic E-state index is 12.6. The number of aromatic nitrogens is 1. The Morgan fingerprint density at radius 1 is 1.13 bits per heavy atom. The Bertz CT molecular complexity index is 1310. The first-order valence-corrected chi connectivity index (χ1v) is 9.96. The summed E-state index contributed by atoms with van der Waals surface area (Å²) in [4.78, 5) is 27.6. The summed E-state index contributed by atoms with van der Waals surface area (Å²) in [6.07, 6.45) is 0. The van der Waals surface area contributed by atoms with Crippen molar-refractivity contribution >= 4 is 40.0 Å². The molecule has 0 aliphatic heterocycles. The topological polar surface area (TPSA) is 98.3 Å². The lowest BCUT2D eigenvalue weighted by molar-refractivity contribution is -0.384. The molecule has 31 heavy (non-hydrogen) atoms. The van der Waals surface area contributed by atoms with Gasteiger partial charge in [0.1, 0.15) is 10.5 Å². The maximum atomic E-state index is 12.6. The first kappa shape index (κ1) is 20.6. The highest BCUT2D eigenvalue weighted by Crippen LogP contribution is 2.29. The van der Waals surface area contributed by atoms with Gasteiger partial charge in [-0.25, -0.2) is 4.98 Å². The highest BCUT2D eigenvalue weighted by molar-refractivity contribution is 6.32. The molecule has 0 aliphatic carbocycles. The molecular weight excluding hydrogens is 418 g/mol. The van der Waals surface area contributed by atoms with E-state index in [2.05, 4.69) is 24.1 Å². The molecule has 1 amide bonds. The van der Waals surface area contributed by atoms with Gasteiger partial charge in [-0.2, -0.15) is 0 Å². The monoisotopic (exact) mass is 435 g/mol. The van der Waals surface area contributed by atoms with E-state index in [9.17, 15) is 14.9 Å². The molecule has 0 aliphatic rings. The summed E-state index contributed by atoms with van der Waals surface area (Å²) in [5.74, 6) is 0.331. The van der Waals surface area contributed by atoms with Crippen LogP contribution in [0.5, 0.6) is 0 Å². The third-order valence-electron chi connectivity index (χ3n) is 4.85. The van der Waals surface area contributed by atoms with Gasteiger partial charge in [-0.1, -0.05) is 37.6 Å². The van der Waals surface area contributed by atoms with Crippen molar-refractivity contribution in [2.24, 2.45) is 0 Å². The average molecular weight is 436 g/mol. The molecule has 8 heteroatoms. The molecule has 3 aromatic carbocycles. The number of benzene rings is 3. The third-order valence-corrected chi connectivity index (χ3v) is 5.17. The minimum Gasteiger partial charge on any atom is -0.436 e. The highest BCUT2D eigenvalue weighted by atomic mass is 35.5. The Balaban J connectivity index is 1.60. The number of rotatable bonds is 5. The third kappa shape index (κ3) is 4.27. The summed E-state index contributed by atoms with van der Waals surface area (Å²) in [6, 6.07) is 16.9. The normalized spacial score (nSPS) is 11.1. The number of oxazole rings is 1. The molecule has 0 saturated heterocycles. The van der Waals surface area contributed by atoms with Crippen molar-refractivity contribution in [1.82, 2.24) is 4.98 Å². The molecule has 156 valence electrons. The van der Waals surface area contributed by atoms with Gasteiger partial charge in [0, 0.05) is 22.9 Å². The number of nitrogens with zero attached hydrogens (tertiary/aromatic N) is 2.